The predicted octanol–water partition coefficient (Wildman–Crippen LogP) is 4.48. The van der Waals surface area contributed by atoms with Crippen LogP contribution >= 0.6 is 22.9 Å². The highest BCUT2D eigenvalue weighted by atomic mass is 35.5. The number of aryl methyl sites for hydroxylation is 1. The number of rotatable bonds is 4. The molecule has 0 bridgehead atoms. The van der Waals surface area contributed by atoms with Crippen LogP contribution in [0, 0.1) is 6.92 Å². The maximum Gasteiger partial charge on any atom is 0.373 e. The SMILES string of the molecule is Cc1nn(Cc2ccc(Cl)cc2)c2sc(C(=O)ON3C(=O)c4ccccc4C3=O)cc12. The van der Waals surface area contributed by atoms with Gasteiger partial charge in [0.1, 0.15) is 9.71 Å². The summed E-state index contributed by atoms with van der Waals surface area (Å²) in [6.07, 6.45) is 0. The van der Waals surface area contributed by atoms with Gasteiger partial charge in [-0.25, -0.2) is 4.79 Å². The normalized spacial score (nSPS) is 13.2. The fraction of sp³-hybridized carbons (Fsp3) is 0.0909. The first kappa shape index (κ1) is 19.5. The number of hydrogen-bond acceptors (Lipinski definition) is 6. The summed E-state index contributed by atoms with van der Waals surface area (Å²) in [5, 5.41) is 6.53. The average molecular weight is 452 g/mol. The van der Waals surface area contributed by atoms with Crippen molar-refractivity contribution in [2.75, 3.05) is 0 Å². The molecule has 154 valence electrons. The van der Waals surface area contributed by atoms with Crippen molar-refractivity contribution in [1.82, 2.24) is 14.8 Å². The zero-order chi connectivity index (χ0) is 21.7. The van der Waals surface area contributed by atoms with Crippen LogP contribution in [0.4, 0.5) is 0 Å². The van der Waals surface area contributed by atoms with Crippen LogP contribution in [0.3, 0.4) is 0 Å². The number of imide groups is 1. The molecule has 31 heavy (non-hydrogen) atoms. The molecule has 1 aliphatic rings. The van der Waals surface area contributed by atoms with E-state index in [0.717, 1.165) is 21.5 Å². The van der Waals surface area contributed by atoms with Gasteiger partial charge in [0, 0.05) is 10.4 Å². The van der Waals surface area contributed by atoms with Gasteiger partial charge in [0.25, 0.3) is 11.8 Å². The van der Waals surface area contributed by atoms with Crippen molar-refractivity contribution in [3.8, 4) is 0 Å². The van der Waals surface area contributed by atoms with E-state index < -0.39 is 17.8 Å². The van der Waals surface area contributed by atoms with Gasteiger partial charge in [-0.1, -0.05) is 40.9 Å². The van der Waals surface area contributed by atoms with Crippen LogP contribution in [0.1, 0.15) is 41.6 Å². The third-order valence-electron chi connectivity index (χ3n) is 4.99. The molecular weight excluding hydrogens is 438 g/mol. The van der Waals surface area contributed by atoms with E-state index in [-0.39, 0.29) is 16.0 Å². The molecule has 0 aliphatic carbocycles. The smallest absolute Gasteiger partial charge is 0.323 e. The Labute approximate surface area is 185 Å². The van der Waals surface area contributed by atoms with E-state index in [1.807, 2.05) is 31.2 Å². The Kier molecular flexibility index (Phi) is 4.60. The Morgan fingerprint density at radius 1 is 1.06 bits per heavy atom. The second kappa shape index (κ2) is 7.33. The second-order valence-electron chi connectivity index (χ2n) is 7.03. The molecule has 3 heterocycles. The Morgan fingerprint density at radius 2 is 1.71 bits per heavy atom. The van der Waals surface area contributed by atoms with Crippen molar-refractivity contribution in [1.29, 1.82) is 0 Å². The minimum atomic E-state index is -0.770. The van der Waals surface area contributed by atoms with Crippen molar-refractivity contribution >= 4 is 50.9 Å². The van der Waals surface area contributed by atoms with Gasteiger partial charge < -0.3 is 4.84 Å². The van der Waals surface area contributed by atoms with E-state index >= 15 is 0 Å². The van der Waals surface area contributed by atoms with E-state index in [4.69, 9.17) is 16.4 Å². The molecule has 2 aromatic heterocycles. The van der Waals surface area contributed by atoms with Crippen LogP contribution in [0.2, 0.25) is 5.02 Å². The molecule has 4 aromatic rings. The number of halogens is 1. The number of thiophene rings is 1. The monoisotopic (exact) mass is 451 g/mol. The second-order valence-corrected chi connectivity index (χ2v) is 8.50. The Balaban J connectivity index is 1.41. The molecule has 9 heteroatoms. The molecule has 0 fully saturated rings. The third-order valence-corrected chi connectivity index (χ3v) is 6.37. The highest BCUT2D eigenvalue weighted by Gasteiger charge is 2.39. The van der Waals surface area contributed by atoms with Crippen LogP contribution < -0.4 is 0 Å². The first-order valence-electron chi connectivity index (χ1n) is 9.34. The van der Waals surface area contributed by atoms with Gasteiger partial charge in [-0.15, -0.1) is 11.3 Å². The minimum absolute atomic E-state index is 0.214. The first-order valence-corrected chi connectivity index (χ1v) is 10.5. The summed E-state index contributed by atoms with van der Waals surface area (Å²) >= 11 is 7.14. The van der Waals surface area contributed by atoms with Crippen LogP contribution in [0.25, 0.3) is 10.2 Å². The summed E-state index contributed by atoms with van der Waals surface area (Å²) in [6, 6.07) is 15.5. The van der Waals surface area contributed by atoms with E-state index in [1.54, 1.807) is 22.9 Å². The lowest BCUT2D eigenvalue weighted by Crippen LogP contribution is -2.32. The van der Waals surface area contributed by atoms with Gasteiger partial charge >= 0.3 is 5.97 Å². The van der Waals surface area contributed by atoms with E-state index in [2.05, 4.69) is 5.10 Å². The van der Waals surface area contributed by atoms with Crippen LogP contribution in [-0.4, -0.2) is 32.6 Å². The van der Waals surface area contributed by atoms with E-state index in [9.17, 15) is 14.4 Å². The van der Waals surface area contributed by atoms with Crippen LogP contribution in [-0.2, 0) is 11.4 Å². The molecule has 2 aromatic carbocycles. The summed E-state index contributed by atoms with van der Waals surface area (Å²) < 4.78 is 1.80. The van der Waals surface area contributed by atoms with Crippen molar-refractivity contribution in [3.63, 3.8) is 0 Å². The van der Waals surface area contributed by atoms with Crippen molar-refractivity contribution in [2.45, 2.75) is 13.5 Å². The molecule has 0 spiro atoms. The standard InChI is InChI=1S/C22H14ClN3O4S/c1-12-17-10-18(31-21(17)25(24-12)11-13-6-8-14(23)9-7-13)22(29)30-26-19(27)15-4-2-3-5-16(15)20(26)28/h2-10H,11H2,1H3. The summed E-state index contributed by atoms with van der Waals surface area (Å²) in [6.45, 7) is 2.36. The van der Waals surface area contributed by atoms with Gasteiger partial charge in [-0.05, 0) is 42.8 Å². The molecule has 0 saturated carbocycles. The molecule has 0 N–H and O–H groups in total. The summed E-state index contributed by atoms with van der Waals surface area (Å²) in [5.41, 5.74) is 2.20. The molecule has 0 radical (unpaired) electrons. The molecule has 0 unspecified atom stereocenters. The fourth-order valence-electron chi connectivity index (χ4n) is 3.46. The topological polar surface area (TPSA) is 81.5 Å². The zero-order valence-corrected chi connectivity index (χ0v) is 17.7. The number of carbonyl (C=O) groups is 3. The number of carbonyl (C=O) groups excluding carboxylic acids is 3. The van der Waals surface area contributed by atoms with Gasteiger partial charge in [0.05, 0.1) is 23.4 Å². The summed E-state index contributed by atoms with van der Waals surface area (Å²) in [7, 11) is 0. The molecule has 0 saturated heterocycles. The van der Waals surface area contributed by atoms with Crippen molar-refractivity contribution in [2.24, 2.45) is 0 Å². The lowest BCUT2D eigenvalue weighted by Gasteiger charge is -2.11. The lowest BCUT2D eigenvalue weighted by atomic mass is 10.1. The molecule has 1 aliphatic heterocycles. The van der Waals surface area contributed by atoms with Crippen LogP contribution in [0.15, 0.2) is 54.6 Å². The molecule has 0 atom stereocenters. The van der Waals surface area contributed by atoms with E-state index in [0.29, 0.717) is 16.6 Å². The molecule has 5 rings (SSSR count). The highest BCUT2D eigenvalue weighted by Crippen LogP contribution is 2.31. The molecule has 2 amide bonds. The number of fused-ring (bicyclic) bond motifs is 2. The molecule has 7 nitrogen and oxygen atoms in total. The van der Waals surface area contributed by atoms with Crippen molar-refractivity contribution < 1.29 is 19.2 Å². The Hall–Kier alpha value is -3.49. The quantitative estimate of drug-likeness (QED) is 0.427. The number of benzene rings is 2. The zero-order valence-electron chi connectivity index (χ0n) is 16.2. The van der Waals surface area contributed by atoms with E-state index in [1.165, 1.54) is 23.5 Å². The fourth-order valence-corrected chi connectivity index (χ4v) is 4.62. The minimum Gasteiger partial charge on any atom is -0.323 e. The maximum atomic E-state index is 12.7. The third kappa shape index (κ3) is 3.30. The van der Waals surface area contributed by atoms with Crippen LogP contribution in [0.5, 0.6) is 0 Å². The van der Waals surface area contributed by atoms with Gasteiger partial charge in [-0.2, -0.15) is 5.10 Å². The Bertz CT molecular complexity index is 1340. The number of nitrogens with zero attached hydrogens (tertiary/aromatic N) is 3. The number of amides is 2. The lowest BCUT2D eigenvalue weighted by molar-refractivity contribution is -0.0581. The first-order chi connectivity index (χ1) is 14.9. The van der Waals surface area contributed by atoms with Gasteiger partial charge in [0.15, 0.2) is 0 Å². The van der Waals surface area contributed by atoms with Gasteiger partial charge in [0.2, 0.25) is 0 Å². The largest absolute Gasteiger partial charge is 0.373 e. The number of hydroxylamine groups is 2. The highest BCUT2D eigenvalue weighted by molar-refractivity contribution is 7.20. The Morgan fingerprint density at radius 3 is 2.35 bits per heavy atom. The summed E-state index contributed by atoms with van der Waals surface area (Å²) in [4.78, 5) is 43.8. The molecular formula is C22H14ClN3O4S. The van der Waals surface area contributed by atoms with Gasteiger partial charge in [-0.3, -0.25) is 14.3 Å². The van der Waals surface area contributed by atoms with Crippen molar-refractivity contribution in [3.05, 3.63) is 86.9 Å². The average Bonchev–Trinajstić information content (AvgIpc) is 3.40. The predicted molar refractivity (Wildman–Crippen MR) is 115 cm³/mol. The summed E-state index contributed by atoms with van der Waals surface area (Å²) in [5.74, 6) is -2.08. The number of aromatic nitrogens is 2. The maximum absolute atomic E-state index is 12.7. The number of hydrogen-bond donors (Lipinski definition) is 0.